The number of ether oxygens (including phenoxy) is 2. The van der Waals surface area contributed by atoms with Gasteiger partial charge < -0.3 is 14.4 Å². The zero-order valence-corrected chi connectivity index (χ0v) is 12.8. The SMILES string of the molecule is C=C(C)CN(CC)C(=O)COC(=O)COc1ccc(F)cc1. The summed E-state index contributed by atoms with van der Waals surface area (Å²) in [6.45, 7) is 7.65. The van der Waals surface area contributed by atoms with Crippen LogP contribution in [0.3, 0.4) is 0 Å². The molecular formula is C16H20FNO4. The van der Waals surface area contributed by atoms with Crippen LogP contribution in [0.4, 0.5) is 4.39 Å². The van der Waals surface area contributed by atoms with Gasteiger partial charge in [0.2, 0.25) is 0 Å². The number of carbonyl (C=O) groups is 2. The van der Waals surface area contributed by atoms with Crippen molar-refractivity contribution in [2.45, 2.75) is 13.8 Å². The molecule has 1 amide bonds. The number of nitrogens with zero attached hydrogens (tertiary/aromatic N) is 1. The van der Waals surface area contributed by atoms with Crippen LogP contribution in [-0.4, -0.2) is 43.1 Å². The van der Waals surface area contributed by atoms with Gasteiger partial charge in [-0.25, -0.2) is 9.18 Å². The largest absolute Gasteiger partial charge is 0.482 e. The van der Waals surface area contributed by atoms with Crippen LogP contribution in [0.15, 0.2) is 36.4 Å². The number of hydrogen-bond donors (Lipinski definition) is 0. The van der Waals surface area contributed by atoms with E-state index in [1.807, 2.05) is 13.8 Å². The minimum absolute atomic E-state index is 0.291. The van der Waals surface area contributed by atoms with Crippen molar-refractivity contribution in [1.82, 2.24) is 4.90 Å². The third-order valence-corrected chi connectivity index (χ3v) is 2.72. The van der Waals surface area contributed by atoms with Gasteiger partial charge in [0.15, 0.2) is 13.2 Å². The second-order valence-electron chi connectivity index (χ2n) is 4.77. The molecule has 0 aliphatic rings. The lowest BCUT2D eigenvalue weighted by atomic mass is 10.3. The predicted molar refractivity (Wildman–Crippen MR) is 79.9 cm³/mol. The molecule has 0 spiro atoms. The smallest absolute Gasteiger partial charge is 0.344 e. The van der Waals surface area contributed by atoms with Crippen molar-refractivity contribution >= 4 is 11.9 Å². The van der Waals surface area contributed by atoms with Gasteiger partial charge in [0.05, 0.1) is 0 Å². The molecule has 0 saturated heterocycles. The first-order valence-electron chi connectivity index (χ1n) is 6.88. The van der Waals surface area contributed by atoms with E-state index in [0.717, 1.165) is 5.57 Å². The molecule has 0 aliphatic heterocycles. The molecule has 1 rings (SSSR count). The maximum Gasteiger partial charge on any atom is 0.344 e. The molecule has 0 aromatic heterocycles. The summed E-state index contributed by atoms with van der Waals surface area (Å²) in [5.41, 5.74) is 0.848. The van der Waals surface area contributed by atoms with Gasteiger partial charge in [0, 0.05) is 13.1 Å². The summed E-state index contributed by atoms with van der Waals surface area (Å²) in [6, 6.07) is 5.25. The van der Waals surface area contributed by atoms with E-state index in [1.54, 1.807) is 0 Å². The van der Waals surface area contributed by atoms with E-state index in [9.17, 15) is 14.0 Å². The van der Waals surface area contributed by atoms with Crippen LogP contribution in [0.1, 0.15) is 13.8 Å². The van der Waals surface area contributed by atoms with Crippen molar-refractivity contribution in [2.75, 3.05) is 26.3 Å². The molecule has 0 atom stereocenters. The minimum Gasteiger partial charge on any atom is -0.482 e. The zero-order chi connectivity index (χ0) is 16.5. The third kappa shape index (κ3) is 6.39. The lowest BCUT2D eigenvalue weighted by molar-refractivity contribution is -0.153. The maximum atomic E-state index is 12.7. The van der Waals surface area contributed by atoms with Crippen molar-refractivity contribution in [3.63, 3.8) is 0 Å². The van der Waals surface area contributed by atoms with E-state index in [2.05, 4.69) is 6.58 Å². The van der Waals surface area contributed by atoms with Crippen molar-refractivity contribution in [3.05, 3.63) is 42.2 Å². The highest BCUT2D eigenvalue weighted by molar-refractivity contribution is 5.81. The molecule has 0 radical (unpaired) electrons. The van der Waals surface area contributed by atoms with Gasteiger partial charge in [-0.3, -0.25) is 4.79 Å². The highest BCUT2D eigenvalue weighted by Gasteiger charge is 2.14. The lowest BCUT2D eigenvalue weighted by Crippen LogP contribution is -2.36. The molecule has 1 aromatic carbocycles. The van der Waals surface area contributed by atoms with Crippen molar-refractivity contribution in [1.29, 1.82) is 0 Å². The number of carbonyl (C=O) groups excluding carboxylic acids is 2. The van der Waals surface area contributed by atoms with Crippen molar-refractivity contribution < 1.29 is 23.5 Å². The summed E-state index contributed by atoms with van der Waals surface area (Å²) in [4.78, 5) is 24.9. The molecule has 0 unspecified atom stereocenters. The molecule has 22 heavy (non-hydrogen) atoms. The number of rotatable bonds is 8. The quantitative estimate of drug-likeness (QED) is 0.545. The summed E-state index contributed by atoms with van der Waals surface area (Å²) in [5, 5.41) is 0. The van der Waals surface area contributed by atoms with Crippen LogP contribution in [0.5, 0.6) is 5.75 Å². The molecule has 120 valence electrons. The summed E-state index contributed by atoms with van der Waals surface area (Å²) in [6.07, 6.45) is 0. The third-order valence-electron chi connectivity index (χ3n) is 2.72. The summed E-state index contributed by atoms with van der Waals surface area (Å²) in [7, 11) is 0. The summed E-state index contributed by atoms with van der Waals surface area (Å²) in [5.74, 6) is -0.996. The molecule has 5 nitrogen and oxygen atoms in total. The first-order valence-corrected chi connectivity index (χ1v) is 6.88. The molecule has 1 aromatic rings. The van der Waals surface area contributed by atoms with E-state index >= 15 is 0 Å². The molecule has 0 fully saturated rings. The number of likely N-dealkylation sites (N-methyl/N-ethyl adjacent to an activating group) is 1. The molecule has 0 bridgehead atoms. The van der Waals surface area contributed by atoms with Crippen LogP contribution < -0.4 is 4.74 Å². The summed E-state index contributed by atoms with van der Waals surface area (Å²) < 4.78 is 22.7. The van der Waals surface area contributed by atoms with Gasteiger partial charge in [0.25, 0.3) is 5.91 Å². The Hall–Kier alpha value is -2.37. The Morgan fingerprint density at radius 2 is 1.86 bits per heavy atom. The highest BCUT2D eigenvalue weighted by atomic mass is 19.1. The zero-order valence-electron chi connectivity index (χ0n) is 12.8. The van der Waals surface area contributed by atoms with E-state index in [4.69, 9.17) is 9.47 Å². The van der Waals surface area contributed by atoms with E-state index in [0.29, 0.717) is 18.8 Å². The van der Waals surface area contributed by atoms with Crippen LogP contribution in [-0.2, 0) is 14.3 Å². The standard InChI is InChI=1S/C16H20FNO4/c1-4-18(9-12(2)3)15(19)10-22-16(20)11-21-14-7-5-13(17)6-8-14/h5-8H,2,4,9-11H2,1,3H3. The van der Waals surface area contributed by atoms with Gasteiger partial charge >= 0.3 is 5.97 Å². The van der Waals surface area contributed by atoms with E-state index in [-0.39, 0.29) is 19.1 Å². The van der Waals surface area contributed by atoms with Gasteiger partial charge in [0.1, 0.15) is 11.6 Å². The van der Waals surface area contributed by atoms with Crippen LogP contribution in [0, 0.1) is 5.82 Å². The van der Waals surface area contributed by atoms with E-state index in [1.165, 1.54) is 29.2 Å². The maximum absolute atomic E-state index is 12.7. The Bertz CT molecular complexity index is 527. The Balaban J connectivity index is 2.34. The highest BCUT2D eigenvalue weighted by Crippen LogP contribution is 2.10. The fourth-order valence-electron chi connectivity index (χ4n) is 1.65. The number of hydrogen-bond acceptors (Lipinski definition) is 4. The van der Waals surface area contributed by atoms with Crippen molar-refractivity contribution in [3.8, 4) is 5.75 Å². The molecule has 6 heteroatoms. The first-order chi connectivity index (χ1) is 10.4. The molecule has 0 saturated carbocycles. The molecule has 0 N–H and O–H groups in total. The Morgan fingerprint density at radius 3 is 2.41 bits per heavy atom. The number of esters is 1. The number of halogens is 1. The van der Waals surface area contributed by atoms with Crippen LogP contribution >= 0.6 is 0 Å². The fraction of sp³-hybridized carbons (Fsp3) is 0.375. The van der Waals surface area contributed by atoms with Crippen LogP contribution in [0.2, 0.25) is 0 Å². The fourth-order valence-corrected chi connectivity index (χ4v) is 1.65. The Kier molecular flexibility index (Phi) is 7.08. The Labute approximate surface area is 129 Å². The monoisotopic (exact) mass is 309 g/mol. The van der Waals surface area contributed by atoms with Gasteiger partial charge in [-0.2, -0.15) is 0 Å². The van der Waals surface area contributed by atoms with Crippen molar-refractivity contribution in [2.24, 2.45) is 0 Å². The van der Waals surface area contributed by atoms with Gasteiger partial charge in [-0.15, -0.1) is 0 Å². The number of benzene rings is 1. The minimum atomic E-state index is -0.663. The van der Waals surface area contributed by atoms with E-state index < -0.39 is 11.8 Å². The normalized spacial score (nSPS) is 9.95. The second kappa shape index (κ2) is 8.81. The molecular weight excluding hydrogens is 289 g/mol. The number of amides is 1. The predicted octanol–water partition coefficient (Wildman–Crippen LogP) is 2.17. The Morgan fingerprint density at radius 1 is 1.23 bits per heavy atom. The van der Waals surface area contributed by atoms with Crippen LogP contribution in [0.25, 0.3) is 0 Å². The topological polar surface area (TPSA) is 55.8 Å². The average Bonchev–Trinajstić information content (AvgIpc) is 2.49. The summed E-state index contributed by atoms with van der Waals surface area (Å²) >= 11 is 0. The molecule has 0 heterocycles. The first kappa shape index (κ1) is 17.7. The van der Waals surface area contributed by atoms with Gasteiger partial charge in [-0.05, 0) is 38.1 Å². The van der Waals surface area contributed by atoms with Gasteiger partial charge in [-0.1, -0.05) is 12.2 Å². The second-order valence-corrected chi connectivity index (χ2v) is 4.77. The molecule has 0 aliphatic carbocycles. The average molecular weight is 309 g/mol. The lowest BCUT2D eigenvalue weighted by Gasteiger charge is -2.20.